The van der Waals surface area contributed by atoms with E-state index < -0.39 is 24.0 Å². The molecule has 2 fully saturated rings. The first-order valence-electron chi connectivity index (χ1n) is 16.7. The van der Waals surface area contributed by atoms with E-state index in [1.54, 1.807) is 54.4 Å². The Labute approximate surface area is 298 Å². The van der Waals surface area contributed by atoms with Crippen LogP contribution in [-0.4, -0.2) is 96.9 Å². The molecule has 2 aliphatic rings. The third-order valence-corrected chi connectivity index (χ3v) is 8.99. The normalized spacial score (nSPS) is 15.1. The number of para-hydroxylation sites is 1. The van der Waals surface area contributed by atoms with E-state index in [0.717, 1.165) is 4.90 Å². The van der Waals surface area contributed by atoms with Crippen LogP contribution < -0.4 is 30.3 Å². The van der Waals surface area contributed by atoms with Gasteiger partial charge in [-0.05, 0) is 55.5 Å². The topological polar surface area (TPSA) is 156 Å². The molecule has 0 radical (unpaired) electrons. The molecule has 0 bridgehead atoms. The second kappa shape index (κ2) is 15.4. The molecule has 1 unspecified atom stereocenters. The number of halogens is 1. The Morgan fingerprint density at radius 2 is 1.62 bits per heavy atom. The van der Waals surface area contributed by atoms with Crippen molar-refractivity contribution in [2.45, 2.75) is 25.8 Å². The maximum absolute atomic E-state index is 14.3. The summed E-state index contributed by atoms with van der Waals surface area (Å²) < 4.78 is 31.6. The number of carbonyl (C=O) groups is 4. The van der Waals surface area contributed by atoms with Crippen LogP contribution in [0.1, 0.15) is 31.6 Å². The molecule has 4 aromatic rings. The van der Waals surface area contributed by atoms with Crippen LogP contribution >= 0.6 is 0 Å². The van der Waals surface area contributed by atoms with E-state index in [9.17, 15) is 28.4 Å². The number of ether oxygens (including phenoxy) is 3. The lowest BCUT2D eigenvalue weighted by atomic mass is 10.1. The lowest BCUT2D eigenvalue weighted by molar-refractivity contribution is -0.139. The number of piperazine rings is 1. The van der Waals surface area contributed by atoms with E-state index >= 15 is 0 Å². The van der Waals surface area contributed by atoms with E-state index in [-0.39, 0.29) is 75.4 Å². The molecule has 52 heavy (non-hydrogen) atoms. The van der Waals surface area contributed by atoms with Gasteiger partial charge >= 0.3 is 12.1 Å². The number of hydrogen-bond acceptors (Lipinski definition) is 10. The summed E-state index contributed by atoms with van der Waals surface area (Å²) in [5.41, 5.74) is 0.725. The molecule has 0 spiro atoms. The number of aromatic nitrogens is 2. The van der Waals surface area contributed by atoms with Gasteiger partial charge < -0.3 is 29.4 Å². The summed E-state index contributed by atoms with van der Waals surface area (Å²) in [5.74, 6) is -0.0141. The van der Waals surface area contributed by atoms with Crippen molar-refractivity contribution in [3.05, 3.63) is 88.7 Å². The lowest BCUT2D eigenvalue weighted by Crippen LogP contribution is -2.57. The molecular weight excluding hydrogens is 677 g/mol. The fraction of sp³-hybridized carbons (Fsp3) is 0.333. The summed E-state index contributed by atoms with van der Waals surface area (Å²) in [6, 6.07) is 15.6. The Hall–Kier alpha value is -6.19. The second-order valence-electron chi connectivity index (χ2n) is 12.1. The molecule has 15 nitrogen and oxygen atoms in total. The standard InChI is InChI=1S/C36H38FN7O8/c1-23(43(29-13-12-26(50-2)22-30(29)51-3)35(48)38-25-10-8-24(37)9-11-25)33-39-28-7-5-4-6-27(28)34(47)44(33)41-18-16-40(17-19-41)36(49)52-21-20-42-31(45)14-15-32(42)46/h4-13,22-23H,14-21H2,1-3H3,(H,38,48). The van der Waals surface area contributed by atoms with Gasteiger partial charge in [0.05, 0.1) is 56.5 Å². The second-order valence-corrected chi connectivity index (χ2v) is 12.1. The monoisotopic (exact) mass is 715 g/mol. The van der Waals surface area contributed by atoms with Crippen molar-refractivity contribution < 1.29 is 37.8 Å². The van der Waals surface area contributed by atoms with Gasteiger partial charge in [0.2, 0.25) is 11.8 Å². The van der Waals surface area contributed by atoms with E-state index in [2.05, 4.69) is 5.32 Å². The zero-order valence-electron chi connectivity index (χ0n) is 28.9. The molecule has 0 aliphatic carbocycles. The zero-order chi connectivity index (χ0) is 36.9. The molecular formula is C36H38FN7O8. The SMILES string of the molecule is COc1ccc(N(C(=O)Nc2ccc(F)cc2)C(C)c2nc3ccccc3c(=O)n2N2CCN(C(=O)OCCN3C(=O)CCC3=O)CC2)c(OC)c1. The van der Waals surface area contributed by atoms with Gasteiger partial charge in [-0.15, -0.1) is 0 Å². The van der Waals surface area contributed by atoms with Crippen LogP contribution in [0, 0.1) is 5.82 Å². The highest BCUT2D eigenvalue weighted by molar-refractivity contribution is 6.03. The Morgan fingerprint density at radius 3 is 2.29 bits per heavy atom. The molecule has 0 saturated carbocycles. The van der Waals surface area contributed by atoms with Crippen molar-refractivity contribution >= 4 is 46.2 Å². The van der Waals surface area contributed by atoms with Gasteiger partial charge in [0.1, 0.15) is 23.9 Å². The van der Waals surface area contributed by atoms with Crippen LogP contribution in [0.5, 0.6) is 11.5 Å². The van der Waals surface area contributed by atoms with Crippen LogP contribution in [0.4, 0.5) is 25.4 Å². The molecule has 3 heterocycles. The number of benzene rings is 3. The van der Waals surface area contributed by atoms with Gasteiger partial charge in [0.15, 0.2) is 5.82 Å². The number of fused-ring (bicyclic) bond motifs is 1. The highest BCUT2D eigenvalue weighted by Gasteiger charge is 2.34. The summed E-state index contributed by atoms with van der Waals surface area (Å²) in [7, 11) is 2.96. The number of rotatable bonds is 10. The number of nitrogens with one attached hydrogen (secondary N) is 1. The van der Waals surface area contributed by atoms with Gasteiger partial charge in [0, 0.05) is 37.7 Å². The van der Waals surface area contributed by atoms with Crippen LogP contribution in [0.3, 0.4) is 0 Å². The predicted octanol–water partition coefficient (Wildman–Crippen LogP) is 3.89. The lowest BCUT2D eigenvalue weighted by Gasteiger charge is -2.39. The summed E-state index contributed by atoms with van der Waals surface area (Å²) in [6.45, 7) is 2.40. The van der Waals surface area contributed by atoms with Gasteiger partial charge in [-0.3, -0.25) is 24.2 Å². The summed E-state index contributed by atoms with van der Waals surface area (Å²) >= 11 is 0. The molecule has 2 aliphatic heterocycles. The first kappa shape index (κ1) is 35.6. The van der Waals surface area contributed by atoms with E-state index in [1.165, 1.54) is 53.0 Å². The number of nitrogens with zero attached hydrogens (tertiary/aromatic N) is 6. The van der Waals surface area contributed by atoms with Crippen molar-refractivity contribution in [1.82, 2.24) is 19.5 Å². The largest absolute Gasteiger partial charge is 0.497 e. The molecule has 2 saturated heterocycles. The van der Waals surface area contributed by atoms with Gasteiger partial charge in [-0.25, -0.2) is 23.6 Å². The highest BCUT2D eigenvalue weighted by Crippen LogP contribution is 2.37. The zero-order valence-corrected chi connectivity index (χ0v) is 28.9. The van der Waals surface area contributed by atoms with Crippen molar-refractivity contribution in [2.75, 3.05) is 68.8 Å². The third-order valence-electron chi connectivity index (χ3n) is 8.99. The van der Waals surface area contributed by atoms with Crippen LogP contribution in [0.2, 0.25) is 0 Å². The van der Waals surface area contributed by atoms with E-state index in [0.29, 0.717) is 33.8 Å². The maximum Gasteiger partial charge on any atom is 0.409 e. The Morgan fingerprint density at radius 1 is 0.923 bits per heavy atom. The molecule has 6 rings (SSSR count). The summed E-state index contributed by atoms with van der Waals surface area (Å²) in [5, 5.41) is 4.93. The Kier molecular flexibility index (Phi) is 10.5. The third kappa shape index (κ3) is 7.31. The summed E-state index contributed by atoms with van der Waals surface area (Å²) in [4.78, 5) is 74.1. The average molecular weight is 716 g/mol. The number of hydrogen-bond donors (Lipinski definition) is 1. The van der Waals surface area contributed by atoms with Gasteiger partial charge in [-0.1, -0.05) is 12.1 Å². The number of imide groups is 1. The predicted molar refractivity (Wildman–Crippen MR) is 189 cm³/mol. The minimum absolute atomic E-state index is 0.00695. The first-order chi connectivity index (χ1) is 25.1. The van der Waals surface area contributed by atoms with Gasteiger partial charge in [-0.2, -0.15) is 0 Å². The fourth-order valence-electron chi connectivity index (χ4n) is 6.26. The maximum atomic E-state index is 14.3. The van der Waals surface area contributed by atoms with Crippen LogP contribution in [0.15, 0.2) is 71.5 Å². The van der Waals surface area contributed by atoms with Crippen molar-refractivity contribution in [3.63, 3.8) is 0 Å². The van der Waals surface area contributed by atoms with E-state index in [1.807, 2.05) is 0 Å². The molecule has 272 valence electrons. The molecule has 5 amide bonds. The van der Waals surface area contributed by atoms with Crippen molar-refractivity contribution in [2.24, 2.45) is 0 Å². The number of amides is 5. The Bertz CT molecular complexity index is 2030. The smallest absolute Gasteiger partial charge is 0.409 e. The Balaban J connectivity index is 1.31. The van der Waals surface area contributed by atoms with Gasteiger partial charge in [0.25, 0.3) is 5.56 Å². The average Bonchev–Trinajstić information content (AvgIpc) is 3.48. The fourth-order valence-corrected chi connectivity index (χ4v) is 6.26. The number of anilines is 2. The van der Waals surface area contributed by atoms with Crippen LogP contribution in [-0.2, 0) is 14.3 Å². The van der Waals surface area contributed by atoms with Crippen molar-refractivity contribution in [3.8, 4) is 11.5 Å². The first-order valence-corrected chi connectivity index (χ1v) is 16.7. The van der Waals surface area contributed by atoms with Crippen molar-refractivity contribution in [1.29, 1.82) is 0 Å². The number of methoxy groups -OCH3 is 2. The molecule has 16 heteroatoms. The number of likely N-dealkylation sites (tertiary alicyclic amines) is 1. The minimum Gasteiger partial charge on any atom is -0.497 e. The molecule has 1 atom stereocenters. The molecule has 3 aromatic carbocycles. The van der Waals surface area contributed by atoms with Crippen LogP contribution in [0.25, 0.3) is 10.9 Å². The van der Waals surface area contributed by atoms with E-state index in [4.69, 9.17) is 19.2 Å². The quantitative estimate of drug-likeness (QED) is 0.239. The molecule has 1 N–H and O–H groups in total. The number of carbonyl (C=O) groups excluding carboxylic acids is 4. The molecule has 1 aromatic heterocycles. The minimum atomic E-state index is -0.904. The number of urea groups is 1. The summed E-state index contributed by atoms with van der Waals surface area (Å²) in [6.07, 6.45) is -0.294. The highest BCUT2D eigenvalue weighted by atomic mass is 19.1.